The first kappa shape index (κ1) is 11.7. The highest BCUT2D eigenvalue weighted by molar-refractivity contribution is 9.10. The van der Waals surface area contributed by atoms with Gasteiger partial charge in [0.25, 0.3) is 0 Å². The molecule has 0 saturated carbocycles. The van der Waals surface area contributed by atoms with Gasteiger partial charge >= 0.3 is 0 Å². The molecule has 0 spiro atoms. The van der Waals surface area contributed by atoms with Crippen molar-refractivity contribution in [2.24, 2.45) is 0 Å². The monoisotopic (exact) mass is 264 g/mol. The predicted octanol–water partition coefficient (Wildman–Crippen LogP) is 2.54. The Morgan fingerprint density at radius 2 is 2.36 bits per heavy atom. The standard InChI is InChI=1S/C9H14BrFN2O/c1-7(2)14-6-9-8(10)5-12-13(9)4-3-11/h5,7H,3-4,6H2,1-2H3. The zero-order valence-electron chi connectivity index (χ0n) is 8.33. The van der Waals surface area contributed by atoms with Crippen molar-refractivity contribution >= 4 is 15.9 Å². The molecule has 3 nitrogen and oxygen atoms in total. The second kappa shape index (κ2) is 5.46. The number of rotatable bonds is 5. The van der Waals surface area contributed by atoms with Crippen LogP contribution >= 0.6 is 15.9 Å². The van der Waals surface area contributed by atoms with Gasteiger partial charge in [-0.15, -0.1) is 0 Å². The van der Waals surface area contributed by atoms with Gasteiger partial charge in [0.15, 0.2) is 0 Å². The Morgan fingerprint density at radius 1 is 1.64 bits per heavy atom. The van der Waals surface area contributed by atoms with E-state index in [2.05, 4.69) is 21.0 Å². The lowest BCUT2D eigenvalue weighted by molar-refractivity contribution is 0.0605. The molecule has 5 heteroatoms. The molecule has 0 N–H and O–H groups in total. The lowest BCUT2D eigenvalue weighted by Gasteiger charge is -2.09. The molecule has 0 aromatic carbocycles. The lowest BCUT2D eigenvalue weighted by atomic mass is 10.4. The Labute approximate surface area is 91.4 Å². The van der Waals surface area contributed by atoms with Gasteiger partial charge in [0.1, 0.15) is 6.67 Å². The zero-order chi connectivity index (χ0) is 10.6. The van der Waals surface area contributed by atoms with Crippen LogP contribution in [-0.4, -0.2) is 22.6 Å². The Kier molecular flexibility index (Phi) is 4.54. The molecule has 14 heavy (non-hydrogen) atoms. The summed E-state index contributed by atoms with van der Waals surface area (Å²) in [5, 5.41) is 4.03. The van der Waals surface area contributed by atoms with Gasteiger partial charge in [-0.25, -0.2) is 4.39 Å². The van der Waals surface area contributed by atoms with E-state index in [4.69, 9.17) is 4.74 Å². The lowest BCUT2D eigenvalue weighted by Crippen LogP contribution is -2.10. The first-order valence-corrected chi connectivity index (χ1v) is 5.32. The average molecular weight is 265 g/mol. The molecule has 0 fully saturated rings. The van der Waals surface area contributed by atoms with E-state index in [0.717, 1.165) is 10.2 Å². The number of aromatic nitrogens is 2. The van der Waals surface area contributed by atoms with Gasteiger partial charge in [-0.2, -0.15) is 5.10 Å². The van der Waals surface area contributed by atoms with Gasteiger partial charge in [0, 0.05) is 0 Å². The van der Waals surface area contributed by atoms with Gasteiger partial charge in [-0.3, -0.25) is 4.68 Å². The third-order valence-electron chi connectivity index (χ3n) is 1.75. The molecular formula is C9H14BrFN2O. The van der Waals surface area contributed by atoms with Crippen LogP contribution in [0.5, 0.6) is 0 Å². The fraction of sp³-hybridized carbons (Fsp3) is 0.667. The van der Waals surface area contributed by atoms with E-state index in [9.17, 15) is 4.39 Å². The van der Waals surface area contributed by atoms with Crippen molar-refractivity contribution in [3.8, 4) is 0 Å². The van der Waals surface area contributed by atoms with Gasteiger partial charge in [-0.05, 0) is 29.8 Å². The first-order chi connectivity index (χ1) is 6.65. The molecular weight excluding hydrogens is 251 g/mol. The van der Waals surface area contributed by atoms with Crippen LogP contribution in [-0.2, 0) is 17.9 Å². The van der Waals surface area contributed by atoms with Crippen molar-refractivity contribution in [2.75, 3.05) is 6.67 Å². The van der Waals surface area contributed by atoms with Crippen LogP contribution < -0.4 is 0 Å². The summed E-state index contributed by atoms with van der Waals surface area (Å²) >= 11 is 3.35. The summed E-state index contributed by atoms with van der Waals surface area (Å²) in [5.41, 5.74) is 0.886. The Balaban J connectivity index is 2.67. The maximum Gasteiger partial charge on any atom is 0.109 e. The minimum Gasteiger partial charge on any atom is -0.372 e. The predicted molar refractivity (Wildman–Crippen MR) is 55.8 cm³/mol. The molecule has 1 aromatic heterocycles. The van der Waals surface area contributed by atoms with Crippen LogP contribution in [0.4, 0.5) is 4.39 Å². The first-order valence-electron chi connectivity index (χ1n) is 4.53. The summed E-state index contributed by atoms with van der Waals surface area (Å²) in [6, 6.07) is 0. The number of alkyl halides is 1. The minimum atomic E-state index is -0.414. The molecule has 1 heterocycles. The minimum absolute atomic E-state index is 0.163. The molecule has 1 aromatic rings. The second-order valence-corrected chi connectivity index (χ2v) is 4.07. The van der Waals surface area contributed by atoms with Crippen LogP contribution in [0.3, 0.4) is 0 Å². The molecule has 1 rings (SSSR count). The maximum atomic E-state index is 12.1. The molecule has 0 atom stereocenters. The largest absolute Gasteiger partial charge is 0.372 e. The smallest absolute Gasteiger partial charge is 0.109 e. The molecule has 0 radical (unpaired) electrons. The maximum absolute atomic E-state index is 12.1. The van der Waals surface area contributed by atoms with Crippen molar-refractivity contribution < 1.29 is 9.13 Å². The molecule has 0 saturated heterocycles. The van der Waals surface area contributed by atoms with E-state index in [0.29, 0.717) is 6.61 Å². The van der Waals surface area contributed by atoms with Crippen LogP contribution in [0.2, 0.25) is 0 Å². The summed E-state index contributed by atoms with van der Waals surface area (Å²) < 4.78 is 20.1. The van der Waals surface area contributed by atoms with Crippen molar-refractivity contribution in [1.29, 1.82) is 0 Å². The van der Waals surface area contributed by atoms with E-state index in [-0.39, 0.29) is 12.6 Å². The normalized spacial score (nSPS) is 11.2. The number of hydrogen-bond acceptors (Lipinski definition) is 2. The highest BCUT2D eigenvalue weighted by Gasteiger charge is 2.09. The van der Waals surface area contributed by atoms with Gasteiger partial charge in [0.05, 0.1) is 35.6 Å². The molecule has 0 aliphatic carbocycles. The summed E-state index contributed by atoms with van der Waals surface area (Å²) in [6.07, 6.45) is 1.82. The fourth-order valence-electron chi connectivity index (χ4n) is 1.05. The Morgan fingerprint density at radius 3 is 2.93 bits per heavy atom. The van der Waals surface area contributed by atoms with Crippen molar-refractivity contribution in [1.82, 2.24) is 9.78 Å². The van der Waals surface area contributed by atoms with Gasteiger partial charge in [0.2, 0.25) is 0 Å². The van der Waals surface area contributed by atoms with Crippen molar-refractivity contribution in [3.63, 3.8) is 0 Å². The van der Waals surface area contributed by atoms with Crippen LogP contribution in [0, 0.1) is 0 Å². The van der Waals surface area contributed by atoms with E-state index in [1.54, 1.807) is 10.9 Å². The third-order valence-corrected chi connectivity index (χ3v) is 2.41. The Hall–Kier alpha value is -0.420. The van der Waals surface area contributed by atoms with E-state index in [1.807, 2.05) is 13.8 Å². The SMILES string of the molecule is CC(C)OCc1c(Br)cnn1CCF. The third kappa shape index (κ3) is 3.06. The topological polar surface area (TPSA) is 27.1 Å². The van der Waals surface area contributed by atoms with Crippen molar-refractivity contribution in [2.45, 2.75) is 33.1 Å². The quantitative estimate of drug-likeness (QED) is 0.818. The number of ether oxygens (including phenoxy) is 1. The van der Waals surface area contributed by atoms with Gasteiger partial charge in [-0.1, -0.05) is 0 Å². The summed E-state index contributed by atoms with van der Waals surface area (Å²) in [4.78, 5) is 0. The van der Waals surface area contributed by atoms with Crippen LogP contribution in [0.1, 0.15) is 19.5 Å². The molecule has 0 aliphatic rings. The summed E-state index contributed by atoms with van der Waals surface area (Å²) in [5.74, 6) is 0. The van der Waals surface area contributed by atoms with Gasteiger partial charge < -0.3 is 4.74 Å². The summed E-state index contributed by atoms with van der Waals surface area (Å²) in [6.45, 7) is 4.25. The van der Waals surface area contributed by atoms with Crippen molar-refractivity contribution in [3.05, 3.63) is 16.4 Å². The number of hydrogen-bond donors (Lipinski definition) is 0. The van der Waals surface area contributed by atoms with E-state index < -0.39 is 6.67 Å². The highest BCUT2D eigenvalue weighted by atomic mass is 79.9. The molecule has 80 valence electrons. The highest BCUT2D eigenvalue weighted by Crippen LogP contribution is 2.17. The molecule has 0 bridgehead atoms. The molecule has 0 amide bonds. The fourth-order valence-corrected chi connectivity index (χ4v) is 1.46. The molecule has 0 unspecified atom stereocenters. The second-order valence-electron chi connectivity index (χ2n) is 3.21. The molecule has 0 aliphatic heterocycles. The number of halogens is 2. The van der Waals surface area contributed by atoms with Crippen LogP contribution in [0.15, 0.2) is 10.7 Å². The number of nitrogens with zero attached hydrogens (tertiary/aromatic N) is 2. The average Bonchev–Trinajstić information content (AvgIpc) is 2.45. The van der Waals surface area contributed by atoms with E-state index >= 15 is 0 Å². The Bertz CT molecular complexity index is 288. The van der Waals surface area contributed by atoms with Crippen LogP contribution in [0.25, 0.3) is 0 Å². The zero-order valence-corrected chi connectivity index (χ0v) is 9.92. The number of aryl methyl sites for hydroxylation is 1. The summed E-state index contributed by atoms with van der Waals surface area (Å²) in [7, 11) is 0. The van der Waals surface area contributed by atoms with E-state index in [1.165, 1.54) is 0 Å².